The minimum absolute atomic E-state index is 0.0870. The quantitative estimate of drug-likeness (QED) is 0.764. The predicted molar refractivity (Wildman–Crippen MR) is 78.2 cm³/mol. The Balaban J connectivity index is 2.70. The molecule has 0 saturated heterocycles. The van der Waals surface area contributed by atoms with Crippen LogP contribution in [0.5, 0.6) is 0 Å². The van der Waals surface area contributed by atoms with Gasteiger partial charge in [-0.1, -0.05) is 33.6 Å². The van der Waals surface area contributed by atoms with Crippen molar-refractivity contribution < 1.29 is 0 Å². The zero-order chi connectivity index (χ0) is 13.4. The lowest BCUT2D eigenvalue weighted by molar-refractivity contribution is 0.591. The molecule has 3 nitrogen and oxygen atoms in total. The Kier molecular flexibility index (Phi) is 6.55. The summed E-state index contributed by atoms with van der Waals surface area (Å²) in [6.45, 7) is 7.30. The van der Waals surface area contributed by atoms with Gasteiger partial charge in [-0.25, -0.2) is 0 Å². The second kappa shape index (κ2) is 7.96. The molecule has 0 aliphatic rings. The van der Waals surface area contributed by atoms with Crippen LogP contribution in [-0.2, 0) is 6.54 Å². The number of anilines is 1. The van der Waals surface area contributed by atoms with Gasteiger partial charge in [0.25, 0.3) is 5.56 Å². The molecule has 0 bridgehead atoms. The van der Waals surface area contributed by atoms with E-state index in [9.17, 15) is 4.79 Å². The molecule has 1 heterocycles. The molecule has 1 rings (SSSR count). The SMILES string of the molecule is CCCCC(CC)Nc1ccc(=O)n(CCC)c1. The van der Waals surface area contributed by atoms with Gasteiger partial charge in [-0.2, -0.15) is 0 Å². The summed E-state index contributed by atoms with van der Waals surface area (Å²) >= 11 is 0. The van der Waals surface area contributed by atoms with Crippen LogP contribution < -0.4 is 10.9 Å². The van der Waals surface area contributed by atoms with Crippen molar-refractivity contribution in [1.29, 1.82) is 0 Å². The van der Waals surface area contributed by atoms with Gasteiger partial charge in [0.15, 0.2) is 0 Å². The number of nitrogens with one attached hydrogen (secondary N) is 1. The van der Waals surface area contributed by atoms with E-state index in [2.05, 4.69) is 26.1 Å². The summed E-state index contributed by atoms with van der Waals surface area (Å²) in [7, 11) is 0. The van der Waals surface area contributed by atoms with E-state index in [-0.39, 0.29) is 5.56 Å². The van der Waals surface area contributed by atoms with E-state index in [4.69, 9.17) is 0 Å². The summed E-state index contributed by atoms with van der Waals surface area (Å²) in [5.41, 5.74) is 1.15. The highest BCUT2D eigenvalue weighted by atomic mass is 16.1. The van der Waals surface area contributed by atoms with Crippen molar-refractivity contribution in [2.24, 2.45) is 0 Å². The van der Waals surface area contributed by atoms with Crippen molar-refractivity contribution >= 4 is 5.69 Å². The number of unbranched alkanes of at least 4 members (excludes halogenated alkanes) is 1. The second-order valence-electron chi connectivity index (χ2n) is 4.84. The number of hydrogen-bond acceptors (Lipinski definition) is 2. The largest absolute Gasteiger partial charge is 0.381 e. The van der Waals surface area contributed by atoms with E-state index in [1.165, 1.54) is 19.3 Å². The maximum Gasteiger partial charge on any atom is 0.250 e. The first-order chi connectivity index (χ1) is 8.71. The Morgan fingerprint density at radius 1 is 1.22 bits per heavy atom. The molecule has 0 saturated carbocycles. The molecule has 1 unspecified atom stereocenters. The van der Waals surface area contributed by atoms with E-state index in [1.54, 1.807) is 10.6 Å². The van der Waals surface area contributed by atoms with Gasteiger partial charge in [-0.15, -0.1) is 0 Å². The fraction of sp³-hybridized carbons (Fsp3) is 0.667. The third-order valence-electron chi connectivity index (χ3n) is 3.22. The van der Waals surface area contributed by atoms with E-state index >= 15 is 0 Å². The lowest BCUT2D eigenvalue weighted by Gasteiger charge is -2.18. The van der Waals surface area contributed by atoms with Gasteiger partial charge in [0.05, 0.1) is 5.69 Å². The maximum absolute atomic E-state index is 11.6. The summed E-state index contributed by atoms with van der Waals surface area (Å²) in [6.07, 6.45) is 7.72. The van der Waals surface area contributed by atoms with Gasteiger partial charge < -0.3 is 9.88 Å². The molecule has 0 amide bonds. The van der Waals surface area contributed by atoms with Crippen molar-refractivity contribution in [1.82, 2.24) is 4.57 Å². The van der Waals surface area contributed by atoms with Crippen LogP contribution in [0.3, 0.4) is 0 Å². The molecule has 1 aromatic heterocycles. The van der Waals surface area contributed by atoms with Crippen LogP contribution in [0.2, 0.25) is 0 Å². The predicted octanol–water partition coefficient (Wildman–Crippen LogP) is 3.64. The molecular weight excluding hydrogens is 224 g/mol. The molecule has 0 aliphatic heterocycles. The summed E-state index contributed by atoms with van der Waals surface area (Å²) in [6, 6.07) is 4.06. The highest BCUT2D eigenvalue weighted by Gasteiger charge is 2.06. The van der Waals surface area contributed by atoms with Crippen LogP contribution in [0, 0.1) is 0 Å². The number of hydrogen-bond donors (Lipinski definition) is 1. The summed E-state index contributed by atoms with van der Waals surface area (Å²) < 4.78 is 1.79. The number of rotatable bonds is 8. The number of nitrogens with zero attached hydrogens (tertiary/aromatic N) is 1. The fourth-order valence-electron chi connectivity index (χ4n) is 2.10. The van der Waals surface area contributed by atoms with Gasteiger partial charge in [0.2, 0.25) is 0 Å². The number of pyridine rings is 1. The van der Waals surface area contributed by atoms with Crippen molar-refractivity contribution in [2.45, 2.75) is 65.5 Å². The van der Waals surface area contributed by atoms with E-state index in [1.807, 2.05) is 12.3 Å². The lowest BCUT2D eigenvalue weighted by atomic mass is 10.1. The van der Waals surface area contributed by atoms with E-state index in [0.717, 1.165) is 25.1 Å². The molecule has 1 atom stereocenters. The summed E-state index contributed by atoms with van der Waals surface area (Å²) in [5, 5.41) is 3.53. The first-order valence-electron chi connectivity index (χ1n) is 7.18. The van der Waals surface area contributed by atoms with Gasteiger partial charge in [-0.05, 0) is 25.3 Å². The molecule has 1 N–H and O–H groups in total. The van der Waals surface area contributed by atoms with E-state index < -0.39 is 0 Å². The van der Waals surface area contributed by atoms with Crippen molar-refractivity contribution in [3.63, 3.8) is 0 Å². The molecule has 0 aliphatic carbocycles. The zero-order valence-electron chi connectivity index (χ0n) is 11.9. The Morgan fingerprint density at radius 3 is 2.61 bits per heavy atom. The molecular formula is C15H26N2O. The molecule has 102 valence electrons. The average molecular weight is 250 g/mol. The summed E-state index contributed by atoms with van der Waals surface area (Å²) in [5.74, 6) is 0. The normalized spacial score (nSPS) is 12.4. The van der Waals surface area contributed by atoms with E-state index in [0.29, 0.717) is 6.04 Å². The topological polar surface area (TPSA) is 34.0 Å². The zero-order valence-corrected chi connectivity index (χ0v) is 11.9. The molecule has 3 heteroatoms. The molecule has 1 aromatic rings. The van der Waals surface area contributed by atoms with Gasteiger partial charge in [-0.3, -0.25) is 4.79 Å². The minimum Gasteiger partial charge on any atom is -0.381 e. The third kappa shape index (κ3) is 4.55. The van der Waals surface area contributed by atoms with Crippen LogP contribution in [0.25, 0.3) is 0 Å². The van der Waals surface area contributed by atoms with Crippen LogP contribution in [0.15, 0.2) is 23.1 Å². The van der Waals surface area contributed by atoms with Crippen molar-refractivity contribution in [3.05, 3.63) is 28.7 Å². The first-order valence-corrected chi connectivity index (χ1v) is 7.18. The smallest absolute Gasteiger partial charge is 0.250 e. The molecule has 0 radical (unpaired) electrons. The third-order valence-corrected chi connectivity index (χ3v) is 3.22. The van der Waals surface area contributed by atoms with Crippen LogP contribution in [-0.4, -0.2) is 10.6 Å². The standard InChI is InChI=1S/C15H26N2O/c1-4-7-8-13(6-3)16-14-9-10-15(18)17(12-14)11-5-2/h9-10,12-13,16H,4-8,11H2,1-3H3. The molecule has 0 spiro atoms. The Hall–Kier alpha value is -1.25. The highest BCUT2D eigenvalue weighted by molar-refractivity contribution is 5.41. The maximum atomic E-state index is 11.6. The minimum atomic E-state index is 0.0870. The Bertz CT molecular complexity index is 398. The average Bonchev–Trinajstić information content (AvgIpc) is 2.38. The van der Waals surface area contributed by atoms with Gasteiger partial charge in [0, 0.05) is 24.8 Å². The Labute approximate surface area is 110 Å². The van der Waals surface area contributed by atoms with Crippen LogP contribution in [0.4, 0.5) is 5.69 Å². The molecule has 0 fully saturated rings. The molecule has 18 heavy (non-hydrogen) atoms. The lowest BCUT2D eigenvalue weighted by Crippen LogP contribution is -2.22. The van der Waals surface area contributed by atoms with Crippen LogP contribution in [0.1, 0.15) is 52.9 Å². The van der Waals surface area contributed by atoms with Gasteiger partial charge in [0.1, 0.15) is 0 Å². The van der Waals surface area contributed by atoms with Crippen molar-refractivity contribution in [3.8, 4) is 0 Å². The number of aryl methyl sites for hydroxylation is 1. The van der Waals surface area contributed by atoms with Crippen LogP contribution >= 0.6 is 0 Å². The summed E-state index contributed by atoms with van der Waals surface area (Å²) in [4.78, 5) is 11.6. The van der Waals surface area contributed by atoms with Crippen molar-refractivity contribution in [2.75, 3.05) is 5.32 Å². The number of aromatic nitrogens is 1. The molecule has 0 aromatic carbocycles. The highest BCUT2D eigenvalue weighted by Crippen LogP contribution is 2.12. The Morgan fingerprint density at radius 2 is 2.00 bits per heavy atom. The second-order valence-corrected chi connectivity index (χ2v) is 4.84. The first kappa shape index (κ1) is 14.8. The monoisotopic (exact) mass is 250 g/mol. The fourth-order valence-corrected chi connectivity index (χ4v) is 2.10. The van der Waals surface area contributed by atoms with Gasteiger partial charge >= 0.3 is 0 Å².